The Bertz CT molecular complexity index is 1160. The Morgan fingerprint density at radius 1 is 0.424 bits per heavy atom. The highest BCUT2D eigenvalue weighted by atomic mass is 16.7. The van der Waals surface area contributed by atoms with E-state index in [4.69, 9.17) is 28.4 Å². The molecule has 2 rings (SSSR count). The Morgan fingerprint density at radius 2 is 0.773 bits per heavy atom. The second-order valence-electron chi connectivity index (χ2n) is 19.1. The lowest BCUT2D eigenvalue weighted by atomic mass is 9.98. The fourth-order valence-corrected chi connectivity index (χ4v) is 8.69. The van der Waals surface area contributed by atoms with E-state index in [0.29, 0.717) is 12.8 Å². The van der Waals surface area contributed by atoms with Crippen LogP contribution in [0, 0.1) is 0 Å². The van der Waals surface area contributed by atoms with E-state index in [-0.39, 0.29) is 26.1 Å². The number of ether oxygens (including phenoxy) is 6. The first-order chi connectivity index (χ1) is 32.0. The number of esters is 2. The average Bonchev–Trinajstić information content (AvgIpc) is 3.31. The van der Waals surface area contributed by atoms with Crippen LogP contribution in [0.2, 0.25) is 0 Å². The summed E-state index contributed by atoms with van der Waals surface area (Å²) in [5, 5.41) is 72.1. The van der Waals surface area contributed by atoms with Crippen LogP contribution in [0.5, 0.6) is 0 Å². The van der Waals surface area contributed by atoms with Crippen molar-refractivity contribution in [2.75, 3.05) is 26.4 Å². The molecule has 0 saturated carbocycles. The Balaban J connectivity index is 1.79. The van der Waals surface area contributed by atoms with Crippen LogP contribution in [0.4, 0.5) is 0 Å². The van der Waals surface area contributed by atoms with Gasteiger partial charge in [0, 0.05) is 12.8 Å². The minimum absolute atomic E-state index is 0.173. The zero-order chi connectivity index (χ0) is 48.2. The monoisotopic (exact) mass is 949 g/mol. The maximum absolute atomic E-state index is 13.0. The molecule has 7 N–H and O–H groups in total. The third-order valence-corrected chi connectivity index (χ3v) is 13.1. The molecular weight excluding hydrogens is 853 g/mol. The van der Waals surface area contributed by atoms with E-state index in [1.807, 2.05) is 0 Å². The number of aliphatic hydroxyl groups is 7. The molecule has 0 bridgehead atoms. The minimum Gasteiger partial charge on any atom is -0.462 e. The van der Waals surface area contributed by atoms with E-state index in [0.717, 1.165) is 38.5 Å². The van der Waals surface area contributed by atoms with Crippen LogP contribution < -0.4 is 0 Å². The second kappa shape index (κ2) is 39.2. The van der Waals surface area contributed by atoms with Crippen LogP contribution in [0.1, 0.15) is 219 Å². The molecule has 2 heterocycles. The van der Waals surface area contributed by atoms with Gasteiger partial charge in [-0.1, -0.05) is 194 Å². The van der Waals surface area contributed by atoms with Crippen molar-refractivity contribution >= 4 is 11.9 Å². The summed E-state index contributed by atoms with van der Waals surface area (Å²) < 4.78 is 33.6. The first-order valence-corrected chi connectivity index (χ1v) is 26.6. The molecule has 0 spiro atoms. The summed E-state index contributed by atoms with van der Waals surface area (Å²) in [6.07, 6.45) is 19.8. The van der Waals surface area contributed by atoms with E-state index in [1.54, 1.807) is 0 Å². The Morgan fingerprint density at radius 3 is 1.18 bits per heavy atom. The summed E-state index contributed by atoms with van der Waals surface area (Å²) in [6, 6.07) is 0. The summed E-state index contributed by atoms with van der Waals surface area (Å²) in [4.78, 5) is 25.8. The highest BCUT2D eigenvalue weighted by Crippen LogP contribution is 2.27. The topological polar surface area (TPSA) is 231 Å². The van der Waals surface area contributed by atoms with E-state index in [1.165, 1.54) is 141 Å². The standard InChI is InChI=1S/C51H96O15/c1-3-5-7-9-11-13-15-17-19-21-23-25-27-29-31-33-42(53)61-36-39(64-43(54)34-32-30-28-26-24-22-20-18-16-14-12-10-8-6-4-2)37-62-50-49(60)47(58)45(56)41(66-50)38-63-51-48(59)46(57)44(55)40(35-52)65-51/h39-41,44-52,55-60H,3-38H2,1-2H3/t39-,40+,41-,44+,45+,46+,47+,48-,49-,50-,51+/m1/s1. The normalized spacial score (nSPS) is 26.1. The van der Waals surface area contributed by atoms with Gasteiger partial charge in [0.15, 0.2) is 18.7 Å². The second-order valence-corrected chi connectivity index (χ2v) is 19.1. The number of carbonyl (C=O) groups excluding carboxylic acids is 2. The van der Waals surface area contributed by atoms with Crippen molar-refractivity contribution in [1.29, 1.82) is 0 Å². The predicted molar refractivity (Wildman–Crippen MR) is 252 cm³/mol. The van der Waals surface area contributed by atoms with Crippen molar-refractivity contribution < 1.29 is 73.8 Å². The average molecular weight is 949 g/mol. The van der Waals surface area contributed by atoms with Gasteiger partial charge in [0.1, 0.15) is 55.4 Å². The van der Waals surface area contributed by atoms with Gasteiger partial charge in [0.2, 0.25) is 0 Å². The zero-order valence-electron chi connectivity index (χ0n) is 41.2. The first-order valence-electron chi connectivity index (χ1n) is 26.6. The molecule has 0 radical (unpaired) electrons. The van der Waals surface area contributed by atoms with Crippen molar-refractivity contribution in [3.63, 3.8) is 0 Å². The molecule has 0 unspecified atom stereocenters. The van der Waals surface area contributed by atoms with Crippen molar-refractivity contribution in [2.45, 2.75) is 287 Å². The lowest BCUT2D eigenvalue weighted by molar-refractivity contribution is -0.332. The molecule has 2 fully saturated rings. The molecule has 0 aromatic carbocycles. The highest BCUT2D eigenvalue weighted by Gasteiger charge is 2.47. The summed E-state index contributed by atoms with van der Waals surface area (Å²) in [7, 11) is 0. The molecule has 2 aliphatic heterocycles. The number of hydrogen-bond acceptors (Lipinski definition) is 15. The molecule has 0 amide bonds. The smallest absolute Gasteiger partial charge is 0.306 e. The van der Waals surface area contributed by atoms with E-state index in [2.05, 4.69) is 13.8 Å². The maximum atomic E-state index is 13.0. The van der Waals surface area contributed by atoms with Crippen LogP contribution in [-0.2, 0) is 38.0 Å². The highest BCUT2D eigenvalue weighted by molar-refractivity contribution is 5.70. The molecule has 11 atom stereocenters. The van der Waals surface area contributed by atoms with Gasteiger partial charge in [-0.15, -0.1) is 0 Å². The lowest BCUT2D eigenvalue weighted by Crippen LogP contribution is -2.61. The van der Waals surface area contributed by atoms with Crippen molar-refractivity contribution in [3.05, 3.63) is 0 Å². The Kier molecular flexibility index (Phi) is 36.0. The third-order valence-electron chi connectivity index (χ3n) is 13.1. The quantitative estimate of drug-likeness (QED) is 0.0231. The van der Waals surface area contributed by atoms with Crippen molar-refractivity contribution in [3.8, 4) is 0 Å². The number of carbonyl (C=O) groups is 2. The van der Waals surface area contributed by atoms with Gasteiger partial charge in [0.25, 0.3) is 0 Å². The number of hydrogen-bond donors (Lipinski definition) is 7. The van der Waals surface area contributed by atoms with Gasteiger partial charge in [-0.3, -0.25) is 9.59 Å². The molecule has 15 heteroatoms. The molecule has 66 heavy (non-hydrogen) atoms. The molecule has 0 aromatic rings. The largest absolute Gasteiger partial charge is 0.462 e. The van der Waals surface area contributed by atoms with Crippen LogP contribution in [0.25, 0.3) is 0 Å². The van der Waals surface area contributed by atoms with E-state index in [9.17, 15) is 45.3 Å². The maximum Gasteiger partial charge on any atom is 0.306 e. The number of aliphatic hydroxyl groups excluding tert-OH is 7. The first kappa shape index (κ1) is 60.6. The summed E-state index contributed by atoms with van der Waals surface area (Å²) >= 11 is 0. The van der Waals surface area contributed by atoms with E-state index >= 15 is 0 Å². The molecule has 15 nitrogen and oxygen atoms in total. The lowest BCUT2D eigenvalue weighted by Gasteiger charge is -2.42. The fourth-order valence-electron chi connectivity index (χ4n) is 8.69. The number of unbranched alkanes of at least 4 members (excludes halogenated alkanes) is 28. The molecule has 2 saturated heterocycles. The Labute approximate surface area is 398 Å². The predicted octanol–water partition coefficient (Wildman–Crippen LogP) is 7.61. The summed E-state index contributed by atoms with van der Waals surface area (Å²) in [6.45, 7) is 2.63. The van der Waals surface area contributed by atoms with Crippen LogP contribution in [0.15, 0.2) is 0 Å². The van der Waals surface area contributed by atoms with Gasteiger partial charge in [-0.2, -0.15) is 0 Å². The molecule has 0 aromatic heterocycles. The molecular formula is C51H96O15. The minimum atomic E-state index is -1.76. The summed E-state index contributed by atoms with van der Waals surface area (Å²) in [5.74, 6) is -0.908. The van der Waals surface area contributed by atoms with Gasteiger partial charge in [-0.05, 0) is 12.8 Å². The molecule has 2 aliphatic rings. The molecule has 0 aliphatic carbocycles. The molecule has 390 valence electrons. The van der Waals surface area contributed by atoms with Crippen LogP contribution >= 0.6 is 0 Å². The van der Waals surface area contributed by atoms with Gasteiger partial charge >= 0.3 is 11.9 Å². The van der Waals surface area contributed by atoms with Gasteiger partial charge in [-0.25, -0.2) is 0 Å². The fraction of sp³-hybridized carbons (Fsp3) is 0.961. The van der Waals surface area contributed by atoms with Crippen molar-refractivity contribution in [1.82, 2.24) is 0 Å². The van der Waals surface area contributed by atoms with Gasteiger partial charge < -0.3 is 64.2 Å². The van der Waals surface area contributed by atoms with Crippen LogP contribution in [0.3, 0.4) is 0 Å². The van der Waals surface area contributed by atoms with Crippen molar-refractivity contribution in [2.24, 2.45) is 0 Å². The van der Waals surface area contributed by atoms with Crippen LogP contribution in [-0.4, -0.2) is 142 Å². The van der Waals surface area contributed by atoms with Gasteiger partial charge in [0.05, 0.1) is 19.8 Å². The van der Waals surface area contributed by atoms with E-state index < -0.39 is 92.7 Å². The zero-order valence-corrected chi connectivity index (χ0v) is 41.2. The Hall–Kier alpha value is -1.50. The SMILES string of the molecule is CCCCCCCCCCCCCCCCCC(=O)OC[C@H](CO[C@@H]1O[C@H](CO[C@H]2O[C@@H](CO)[C@H](O)[C@H](O)[C@H]2O)[C@H](O)[C@H](O)[C@H]1O)OC(=O)CCCCCCCCCCCCCCCCC. The third kappa shape index (κ3) is 27.0. The number of rotatable bonds is 42. The summed E-state index contributed by atoms with van der Waals surface area (Å²) in [5.41, 5.74) is 0.